The van der Waals surface area contributed by atoms with E-state index in [4.69, 9.17) is 0 Å². The summed E-state index contributed by atoms with van der Waals surface area (Å²) < 4.78 is 14.3. The Morgan fingerprint density at radius 3 is 2.92 bits per heavy atom. The monoisotopic (exact) mass is 163 g/mol. The van der Waals surface area contributed by atoms with E-state index in [1.807, 2.05) is 0 Å². The first kappa shape index (κ1) is 6.97. The zero-order valence-electron chi connectivity index (χ0n) is 6.18. The zero-order chi connectivity index (χ0) is 8.39. The van der Waals surface area contributed by atoms with Crippen molar-refractivity contribution in [2.45, 2.75) is 0 Å². The molecule has 0 aromatic carbocycles. The molecule has 0 amide bonds. The number of hydrogen-bond donors (Lipinski definition) is 0. The summed E-state index contributed by atoms with van der Waals surface area (Å²) in [4.78, 5) is 7.79. The van der Waals surface area contributed by atoms with Crippen molar-refractivity contribution in [3.05, 3.63) is 42.9 Å². The van der Waals surface area contributed by atoms with E-state index in [2.05, 4.69) is 9.97 Å². The predicted molar refractivity (Wildman–Crippen MR) is 41.3 cm³/mol. The van der Waals surface area contributed by atoms with Gasteiger partial charge >= 0.3 is 0 Å². The molecule has 4 heteroatoms. The van der Waals surface area contributed by atoms with E-state index in [0.29, 0.717) is 5.82 Å². The third-order valence-corrected chi connectivity index (χ3v) is 1.48. The minimum absolute atomic E-state index is 0.297. The Labute approximate surface area is 68.5 Å². The number of rotatable bonds is 1. The molecule has 0 bridgehead atoms. The fourth-order valence-electron chi connectivity index (χ4n) is 0.929. The van der Waals surface area contributed by atoms with Gasteiger partial charge in [-0.05, 0) is 6.07 Å². The van der Waals surface area contributed by atoms with Crippen LogP contribution in [-0.4, -0.2) is 14.5 Å². The molecule has 12 heavy (non-hydrogen) atoms. The molecular weight excluding hydrogens is 157 g/mol. The van der Waals surface area contributed by atoms with Crippen molar-refractivity contribution in [1.82, 2.24) is 14.5 Å². The van der Waals surface area contributed by atoms with Crippen LogP contribution in [0.3, 0.4) is 0 Å². The van der Waals surface area contributed by atoms with Crippen molar-refractivity contribution >= 4 is 0 Å². The highest BCUT2D eigenvalue weighted by molar-refractivity contribution is 5.21. The summed E-state index contributed by atoms with van der Waals surface area (Å²) in [6.07, 6.45) is 6.32. The molecule has 2 aromatic heterocycles. The molecule has 0 saturated heterocycles. The van der Waals surface area contributed by atoms with Gasteiger partial charge in [-0.3, -0.25) is 4.57 Å². The lowest BCUT2D eigenvalue weighted by Crippen LogP contribution is -1.93. The highest BCUT2D eigenvalue weighted by Gasteiger charge is 1.96. The minimum atomic E-state index is -0.297. The van der Waals surface area contributed by atoms with Crippen LogP contribution >= 0.6 is 0 Å². The molecule has 3 nitrogen and oxygen atoms in total. The Bertz CT molecular complexity index is 370. The van der Waals surface area contributed by atoms with Crippen LogP contribution in [0.1, 0.15) is 0 Å². The second kappa shape index (κ2) is 2.73. The second-order valence-corrected chi connectivity index (χ2v) is 2.30. The number of halogens is 1. The van der Waals surface area contributed by atoms with E-state index in [9.17, 15) is 4.39 Å². The fourth-order valence-corrected chi connectivity index (χ4v) is 0.929. The van der Waals surface area contributed by atoms with Crippen LogP contribution in [0.15, 0.2) is 37.1 Å². The van der Waals surface area contributed by atoms with Gasteiger partial charge in [0, 0.05) is 24.7 Å². The lowest BCUT2D eigenvalue weighted by Gasteiger charge is -1.98. The zero-order valence-corrected chi connectivity index (χ0v) is 6.18. The van der Waals surface area contributed by atoms with Gasteiger partial charge in [-0.1, -0.05) is 0 Å². The molecular formula is C8H6FN3. The van der Waals surface area contributed by atoms with Crippen molar-refractivity contribution in [2.75, 3.05) is 0 Å². The molecule has 60 valence electrons. The molecule has 0 fully saturated rings. The Kier molecular flexibility index (Phi) is 1.59. The van der Waals surface area contributed by atoms with Crippen molar-refractivity contribution in [3.8, 4) is 5.82 Å². The average molecular weight is 163 g/mol. The Balaban J connectivity index is 2.48. The van der Waals surface area contributed by atoms with Crippen LogP contribution in [0.25, 0.3) is 5.82 Å². The summed E-state index contributed by atoms with van der Waals surface area (Å²) in [6.45, 7) is 0. The summed E-state index contributed by atoms with van der Waals surface area (Å²) in [5, 5.41) is 0. The van der Waals surface area contributed by atoms with Crippen molar-refractivity contribution in [2.24, 2.45) is 0 Å². The van der Waals surface area contributed by atoms with E-state index < -0.39 is 0 Å². The summed E-state index contributed by atoms with van der Waals surface area (Å²) in [7, 11) is 0. The molecule has 2 aromatic rings. The number of nitrogens with zero attached hydrogens (tertiary/aromatic N) is 3. The lowest BCUT2D eigenvalue weighted by atomic mass is 10.4. The van der Waals surface area contributed by atoms with Gasteiger partial charge in [0.05, 0.1) is 0 Å². The third kappa shape index (κ3) is 1.18. The van der Waals surface area contributed by atoms with Gasteiger partial charge in [-0.25, -0.2) is 14.4 Å². The van der Waals surface area contributed by atoms with E-state index in [-0.39, 0.29) is 5.82 Å². The first-order chi connectivity index (χ1) is 5.86. The summed E-state index contributed by atoms with van der Waals surface area (Å²) in [5.41, 5.74) is 0. The molecule has 2 heterocycles. The molecule has 0 unspecified atom stereocenters. The average Bonchev–Trinajstić information content (AvgIpc) is 2.56. The highest BCUT2D eigenvalue weighted by Crippen LogP contribution is 2.04. The molecule has 0 atom stereocenters. The van der Waals surface area contributed by atoms with Crippen LogP contribution in [0.4, 0.5) is 4.39 Å². The fraction of sp³-hybridized carbons (Fsp3) is 0. The smallest absolute Gasteiger partial charge is 0.140 e. The largest absolute Gasteiger partial charge is 0.290 e. The Morgan fingerprint density at radius 1 is 1.33 bits per heavy atom. The summed E-state index contributed by atoms with van der Waals surface area (Å²) in [6, 6.07) is 2.65. The van der Waals surface area contributed by atoms with Crippen LogP contribution in [0.2, 0.25) is 0 Å². The van der Waals surface area contributed by atoms with Gasteiger partial charge in [0.25, 0.3) is 0 Å². The SMILES string of the molecule is Fc1ccnc(-n2ccnc2)c1. The topological polar surface area (TPSA) is 30.7 Å². The van der Waals surface area contributed by atoms with Crippen LogP contribution in [0, 0.1) is 5.82 Å². The molecule has 0 aliphatic rings. The maximum Gasteiger partial charge on any atom is 0.140 e. The maximum atomic E-state index is 12.7. The number of imidazole rings is 1. The van der Waals surface area contributed by atoms with Crippen molar-refractivity contribution < 1.29 is 4.39 Å². The normalized spacial score (nSPS) is 10.1. The van der Waals surface area contributed by atoms with Gasteiger partial charge in [0.15, 0.2) is 0 Å². The van der Waals surface area contributed by atoms with Gasteiger partial charge in [0.1, 0.15) is 18.0 Å². The van der Waals surface area contributed by atoms with Gasteiger partial charge < -0.3 is 0 Å². The van der Waals surface area contributed by atoms with E-state index in [1.165, 1.54) is 18.3 Å². The first-order valence-corrected chi connectivity index (χ1v) is 3.46. The molecule has 0 N–H and O–H groups in total. The standard InChI is InChI=1S/C8H6FN3/c9-7-1-2-11-8(5-7)12-4-3-10-6-12/h1-6H. The van der Waals surface area contributed by atoms with Gasteiger partial charge in [-0.2, -0.15) is 0 Å². The lowest BCUT2D eigenvalue weighted by molar-refractivity contribution is 0.623. The van der Waals surface area contributed by atoms with Crippen molar-refractivity contribution in [3.63, 3.8) is 0 Å². The van der Waals surface area contributed by atoms with Crippen LogP contribution in [-0.2, 0) is 0 Å². The Morgan fingerprint density at radius 2 is 2.25 bits per heavy atom. The molecule has 2 rings (SSSR count). The van der Waals surface area contributed by atoms with Crippen LogP contribution in [0.5, 0.6) is 0 Å². The number of hydrogen-bond acceptors (Lipinski definition) is 2. The maximum absolute atomic E-state index is 12.7. The van der Waals surface area contributed by atoms with Crippen LogP contribution < -0.4 is 0 Å². The molecule has 0 saturated carbocycles. The first-order valence-electron chi connectivity index (χ1n) is 3.46. The number of pyridine rings is 1. The van der Waals surface area contributed by atoms with Gasteiger partial charge in [0.2, 0.25) is 0 Å². The number of aromatic nitrogens is 3. The Hall–Kier alpha value is -1.71. The highest BCUT2D eigenvalue weighted by atomic mass is 19.1. The van der Waals surface area contributed by atoms with Crippen molar-refractivity contribution in [1.29, 1.82) is 0 Å². The molecule has 0 aliphatic carbocycles. The molecule has 0 radical (unpaired) electrons. The molecule has 0 aliphatic heterocycles. The predicted octanol–water partition coefficient (Wildman–Crippen LogP) is 1.41. The summed E-state index contributed by atoms with van der Waals surface area (Å²) in [5.74, 6) is 0.237. The van der Waals surface area contributed by atoms with Gasteiger partial charge in [-0.15, -0.1) is 0 Å². The summed E-state index contributed by atoms with van der Waals surface area (Å²) >= 11 is 0. The minimum Gasteiger partial charge on any atom is -0.290 e. The van der Waals surface area contributed by atoms with E-state index in [0.717, 1.165) is 0 Å². The quantitative estimate of drug-likeness (QED) is 0.636. The second-order valence-electron chi connectivity index (χ2n) is 2.30. The van der Waals surface area contributed by atoms with E-state index in [1.54, 1.807) is 23.3 Å². The van der Waals surface area contributed by atoms with E-state index >= 15 is 0 Å². The molecule has 0 spiro atoms. The third-order valence-electron chi connectivity index (χ3n) is 1.48.